The number of carbonyl (C=O) groups excluding carboxylic acids is 1. The van der Waals surface area contributed by atoms with Gasteiger partial charge in [-0.05, 0) is 42.6 Å². The molecule has 106 valence electrons. The monoisotopic (exact) mass is 327 g/mol. The van der Waals surface area contributed by atoms with Gasteiger partial charge in [0.2, 0.25) is 5.91 Å². The number of nitrogens with zero attached hydrogens (tertiary/aromatic N) is 2. The van der Waals surface area contributed by atoms with Crippen molar-refractivity contribution >= 4 is 21.8 Å². The van der Waals surface area contributed by atoms with Crippen LogP contribution in [0.1, 0.15) is 57.2 Å². The van der Waals surface area contributed by atoms with E-state index in [-0.39, 0.29) is 11.9 Å². The van der Waals surface area contributed by atoms with Crippen LogP contribution in [0.15, 0.2) is 10.7 Å². The topological polar surface area (TPSA) is 46.9 Å². The van der Waals surface area contributed by atoms with Crippen LogP contribution in [-0.2, 0) is 4.79 Å². The molecule has 1 saturated carbocycles. The lowest BCUT2D eigenvalue weighted by molar-refractivity contribution is -0.124. The average Bonchev–Trinajstić information content (AvgIpc) is 2.58. The molecule has 1 fully saturated rings. The Morgan fingerprint density at radius 2 is 2.05 bits per heavy atom. The van der Waals surface area contributed by atoms with Crippen LogP contribution in [0, 0.1) is 6.92 Å². The zero-order chi connectivity index (χ0) is 13.8. The fraction of sp³-hybridized carbons (Fsp3) is 0.714. The Morgan fingerprint density at radius 3 is 2.58 bits per heavy atom. The van der Waals surface area contributed by atoms with Crippen LogP contribution in [0.3, 0.4) is 0 Å². The van der Waals surface area contributed by atoms with Crippen molar-refractivity contribution in [3.63, 3.8) is 0 Å². The van der Waals surface area contributed by atoms with Crippen LogP contribution in [0.2, 0.25) is 0 Å². The highest BCUT2D eigenvalue weighted by atomic mass is 79.9. The van der Waals surface area contributed by atoms with Crippen molar-refractivity contribution in [1.82, 2.24) is 15.1 Å². The number of halogens is 1. The summed E-state index contributed by atoms with van der Waals surface area (Å²) in [4.78, 5) is 12.3. The molecule has 5 heteroatoms. The lowest BCUT2D eigenvalue weighted by Crippen LogP contribution is -2.38. The third-order valence-electron chi connectivity index (χ3n) is 3.83. The van der Waals surface area contributed by atoms with E-state index in [2.05, 4.69) is 26.3 Å². The van der Waals surface area contributed by atoms with Gasteiger partial charge in [0, 0.05) is 12.2 Å². The lowest BCUT2D eigenvalue weighted by atomic mass is 10.1. The van der Waals surface area contributed by atoms with Crippen molar-refractivity contribution in [2.45, 2.75) is 64.5 Å². The quantitative estimate of drug-likeness (QED) is 0.865. The summed E-state index contributed by atoms with van der Waals surface area (Å²) < 4.78 is 2.67. The molecule has 1 aliphatic carbocycles. The van der Waals surface area contributed by atoms with Gasteiger partial charge < -0.3 is 5.32 Å². The zero-order valence-corrected chi connectivity index (χ0v) is 13.2. The van der Waals surface area contributed by atoms with E-state index < -0.39 is 0 Å². The Bertz CT molecular complexity index is 416. The molecule has 1 N–H and O–H groups in total. The number of amides is 1. The number of carbonyl (C=O) groups is 1. The second-order valence-corrected chi connectivity index (χ2v) is 6.27. The fourth-order valence-electron chi connectivity index (χ4n) is 2.52. The fourth-order valence-corrected chi connectivity index (χ4v) is 2.81. The molecule has 1 amide bonds. The predicted octanol–water partition coefficient (Wildman–Crippen LogP) is 3.35. The molecule has 0 spiro atoms. The predicted molar refractivity (Wildman–Crippen MR) is 79.0 cm³/mol. The molecule has 0 bridgehead atoms. The average molecular weight is 328 g/mol. The molecule has 0 saturated heterocycles. The minimum atomic E-state index is -0.256. The summed E-state index contributed by atoms with van der Waals surface area (Å²) >= 11 is 3.43. The number of aryl methyl sites for hydroxylation is 1. The van der Waals surface area contributed by atoms with Crippen LogP contribution < -0.4 is 5.32 Å². The van der Waals surface area contributed by atoms with Gasteiger partial charge in [-0.2, -0.15) is 5.10 Å². The number of rotatable bonds is 3. The van der Waals surface area contributed by atoms with E-state index in [1.807, 2.05) is 20.0 Å². The minimum absolute atomic E-state index is 0.0712. The van der Waals surface area contributed by atoms with Crippen molar-refractivity contribution in [2.24, 2.45) is 0 Å². The van der Waals surface area contributed by atoms with Gasteiger partial charge in [-0.15, -0.1) is 0 Å². The van der Waals surface area contributed by atoms with Gasteiger partial charge in [0.25, 0.3) is 0 Å². The largest absolute Gasteiger partial charge is 0.352 e. The van der Waals surface area contributed by atoms with Gasteiger partial charge >= 0.3 is 0 Å². The van der Waals surface area contributed by atoms with Crippen LogP contribution >= 0.6 is 15.9 Å². The van der Waals surface area contributed by atoms with Gasteiger partial charge in [-0.3, -0.25) is 9.48 Å². The number of hydrogen-bond acceptors (Lipinski definition) is 2. The normalized spacial score (nSPS) is 18.9. The van der Waals surface area contributed by atoms with Crippen LogP contribution in [0.5, 0.6) is 0 Å². The van der Waals surface area contributed by atoms with Crippen molar-refractivity contribution < 1.29 is 4.79 Å². The van der Waals surface area contributed by atoms with Crippen molar-refractivity contribution in [2.75, 3.05) is 0 Å². The lowest BCUT2D eigenvalue weighted by Gasteiger charge is -2.19. The third kappa shape index (κ3) is 3.81. The first-order valence-corrected chi connectivity index (χ1v) is 7.89. The van der Waals surface area contributed by atoms with E-state index in [9.17, 15) is 4.79 Å². The van der Waals surface area contributed by atoms with Crippen LogP contribution in [0.4, 0.5) is 0 Å². The summed E-state index contributed by atoms with van der Waals surface area (Å²) in [5, 5.41) is 7.52. The molecule has 1 aliphatic rings. The first kappa shape index (κ1) is 14.6. The molecule has 2 rings (SSSR count). The van der Waals surface area contributed by atoms with Gasteiger partial charge in [-0.1, -0.05) is 25.7 Å². The van der Waals surface area contributed by atoms with Crippen LogP contribution in [0.25, 0.3) is 0 Å². The molecule has 1 aromatic rings. The molecular formula is C14H22BrN3O. The van der Waals surface area contributed by atoms with E-state index >= 15 is 0 Å². The number of nitrogens with one attached hydrogen (secondary N) is 1. The first-order chi connectivity index (χ1) is 9.08. The van der Waals surface area contributed by atoms with Crippen molar-refractivity contribution in [1.29, 1.82) is 0 Å². The van der Waals surface area contributed by atoms with Gasteiger partial charge in [0.15, 0.2) is 0 Å². The molecule has 1 heterocycles. The first-order valence-electron chi connectivity index (χ1n) is 7.09. The summed E-state index contributed by atoms with van der Waals surface area (Å²) in [5.74, 6) is 0.0712. The summed E-state index contributed by atoms with van der Waals surface area (Å²) in [6.07, 6.45) is 9.14. The highest BCUT2D eigenvalue weighted by Crippen LogP contribution is 2.19. The van der Waals surface area contributed by atoms with Crippen molar-refractivity contribution in [3.05, 3.63) is 16.4 Å². The Balaban J connectivity index is 1.94. The zero-order valence-electron chi connectivity index (χ0n) is 11.7. The highest BCUT2D eigenvalue weighted by Gasteiger charge is 2.21. The molecule has 0 aliphatic heterocycles. The standard InChI is InChI=1S/C14H22BrN3O/c1-10-13(15)9-18(17-10)11(2)14(19)16-12-7-5-3-4-6-8-12/h9,11-12H,3-8H2,1-2H3,(H,16,19)/t11-/m0/s1. The molecule has 0 aromatic carbocycles. The van der Waals surface area contributed by atoms with Gasteiger partial charge in [-0.25, -0.2) is 0 Å². The van der Waals surface area contributed by atoms with E-state index in [1.165, 1.54) is 25.7 Å². The van der Waals surface area contributed by atoms with E-state index in [1.54, 1.807) is 4.68 Å². The molecule has 1 aromatic heterocycles. The van der Waals surface area contributed by atoms with E-state index in [0.717, 1.165) is 23.0 Å². The Kier molecular flexibility index (Phi) is 5.02. The molecule has 4 nitrogen and oxygen atoms in total. The third-order valence-corrected chi connectivity index (χ3v) is 4.61. The molecule has 19 heavy (non-hydrogen) atoms. The van der Waals surface area contributed by atoms with E-state index in [0.29, 0.717) is 6.04 Å². The van der Waals surface area contributed by atoms with Gasteiger partial charge in [0.05, 0.1) is 10.2 Å². The van der Waals surface area contributed by atoms with E-state index in [4.69, 9.17) is 0 Å². The SMILES string of the molecule is Cc1nn([C@@H](C)C(=O)NC2CCCCCC2)cc1Br. The summed E-state index contributed by atoms with van der Waals surface area (Å²) in [6.45, 7) is 3.82. The smallest absolute Gasteiger partial charge is 0.244 e. The molecule has 1 atom stereocenters. The minimum Gasteiger partial charge on any atom is -0.352 e. The molecular weight excluding hydrogens is 306 g/mol. The Labute approximate surface area is 123 Å². The second kappa shape index (κ2) is 6.55. The maximum Gasteiger partial charge on any atom is 0.244 e. The molecule has 0 radical (unpaired) electrons. The van der Waals surface area contributed by atoms with Crippen molar-refractivity contribution in [3.8, 4) is 0 Å². The van der Waals surface area contributed by atoms with Crippen LogP contribution in [-0.4, -0.2) is 21.7 Å². The number of aromatic nitrogens is 2. The Morgan fingerprint density at radius 1 is 1.42 bits per heavy atom. The summed E-state index contributed by atoms with van der Waals surface area (Å²) in [6, 6.07) is 0.0887. The summed E-state index contributed by atoms with van der Waals surface area (Å²) in [5.41, 5.74) is 0.911. The maximum absolute atomic E-state index is 12.3. The molecule has 0 unspecified atom stereocenters. The maximum atomic E-state index is 12.3. The second-order valence-electron chi connectivity index (χ2n) is 5.42. The van der Waals surface area contributed by atoms with Gasteiger partial charge in [0.1, 0.15) is 6.04 Å². The number of hydrogen-bond donors (Lipinski definition) is 1. The highest BCUT2D eigenvalue weighted by molar-refractivity contribution is 9.10. The summed E-state index contributed by atoms with van der Waals surface area (Å²) in [7, 11) is 0. The Hall–Kier alpha value is -0.840.